The van der Waals surface area contributed by atoms with Crippen LogP contribution in [-0.4, -0.2) is 18.5 Å². The van der Waals surface area contributed by atoms with Crippen LogP contribution in [0.5, 0.6) is 0 Å². The first-order chi connectivity index (χ1) is 6.79. The molecular weight excluding hydrogens is 196 g/mol. The average molecular weight is 212 g/mol. The molecule has 0 amide bonds. The first-order valence-corrected chi connectivity index (χ1v) is 5.91. The highest BCUT2D eigenvalue weighted by Gasteiger charge is 2.19. The van der Waals surface area contributed by atoms with Gasteiger partial charge in [0, 0.05) is 17.6 Å². The summed E-state index contributed by atoms with van der Waals surface area (Å²) in [5.74, 6) is 0.120. The smallest absolute Gasteiger partial charge is 0.192 e. The van der Waals surface area contributed by atoms with E-state index in [1.807, 2.05) is 23.8 Å². The first kappa shape index (κ1) is 11.4. The number of rotatable bonds is 6. The monoisotopic (exact) mass is 212 g/mol. The highest BCUT2D eigenvalue weighted by molar-refractivity contribution is 7.08. The number of Topliss-reactive ketones (excluding diaryl/α,β-unsaturated/α-hetero) is 1. The van der Waals surface area contributed by atoms with Gasteiger partial charge in [0.25, 0.3) is 0 Å². The largest absolute Gasteiger partial charge is 0.370 e. The van der Waals surface area contributed by atoms with Gasteiger partial charge in [0.1, 0.15) is 6.10 Å². The van der Waals surface area contributed by atoms with Gasteiger partial charge in [0.15, 0.2) is 5.78 Å². The highest BCUT2D eigenvalue weighted by Crippen LogP contribution is 2.13. The lowest BCUT2D eigenvalue weighted by molar-refractivity contribution is 0.0423. The van der Waals surface area contributed by atoms with Crippen molar-refractivity contribution in [2.75, 3.05) is 6.61 Å². The van der Waals surface area contributed by atoms with Crippen molar-refractivity contribution in [1.29, 1.82) is 0 Å². The van der Waals surface area contributed by atoms with Crippen LogP contribution in [0.1, 0.15) is 37.0 Å². The second-order valence-electron chi connectivity index (χ2n) is 3.11. The van der Waals surface area contributed by atoms with Gasteiger partial charge >= 0.3 is 0 Å². The standard InChI is InChI=1S/C11H16O2S/c1-3-5-10(13-4-2)11(12)9-6-7-14-8-9/h6-8,10H,3-5H2,1-2H3. The molecule has 78 valence electrons. The lowest BCUT2D eigenvalue weighted by atomic mass is 10.1. The van der Waals surface area contributed by atoms with Gasteiger partial charge in [-0.05, 0) is 24.8 Å². The molecule has 0 aromatic carbocycles. The minimum atomic E-state index is -0.250. The van der Waals surface area contributed by atoms with Gasteiger partial charge in [-0.25, -0.2) is 0 Å². The first-order valence-electron chi connectivity index (χ1n) is 4.97. The van der Waals surface area contributed by atoms with Gasteiger partial charge < -0.3 is 4.74 Å². The lowest BCUT2D eigenvalue weighted by Gasteiger charge is -2.13. The predicted molar refractivity (Wildman–Crippen MR) is 59.0 cm³/mol. The zero-order valence-electron chi connectivity index (χ0n) is 8.66. The van der Waals surface area contributed by atoms with Gasteiger partial charge in [-0.2, -0.15) is 11.3 Å². The maximum atomic E-state index is 11.9. The normalized spacial score (nSPS) is 12.7. The van der Waals surface area contributed by atoms with E-state index in [0.717, 1.165) is 18.4 Å². The summed E-state index contributed by atoms with van der Waals surface area (Å²) >= 11 is 1.55. The fraction of sp³-hybridized carbons (Fsp3) is 0.545. The van der Waals surface area contributed by atoms with Crippen LogP contribution < -0.4 is 0 Å². The van der Waals surface area contributed by atoms with Gasteiger partial charge in [0.05, 0.1) is 0 Å². The zero-order valence-corrected chi connectivity index (χ0v) is 9.47. The third-order valence-corrected chi connectivity index (χ3v) is 2.70. The Morgan fingerprint density at radius 3 is 2.86 bits per heavy atom. The molecule has 1 aromatic rings. The minimum Gasteiger partial charge on any atom is -0.370 e. The number of hydrogen-bond donors (Lipinski definition) is 0. The number of ether oxygens (including phenoxy) is 1. The minimum absolute atomic E-state index is 0.120. The molecule has 1 atom stereocenters. The van der Waals surface area contributed by atoms with E-state index in [1.54, 1.807) is 11.3 Å². The molecule has 1 aromatic heterocycles. The molecule has 1 unspecified atom stereocenters. The summed E-state index contributed by atoms with van der Waals surface area (Å²) in [6.45, 7) is 4.58. The molecule has 0 saturated carbocycles. The van der Waals surface area contributed by atoms with E-state index in [0.29, 0.717) is 6.61 Å². The molecule has 0 radical (unpaired) electrons. The van der Waals surface area contributed by atoms with Crippen molar-refractivity contribution in [2.24, 2.45) is 0 Å². The Morgan fingerprint density at radius 2 is 2.36 bits per heavy atom. The topological polar surface area (TPSA) is 26.3 Å². The van der Waals surface area contributed by atoms with Crippen LogP contribution >= 0.6 is 11.3 Å². The summed E-state index contributed by atoms with van der Waals surface area (Å²) in [7, 11) is 0. The highest BCUT2D eigenvalue weighted by atomic mass is 32.1. The fourth-order valence-corrected chi connectivity index (χ4v) is 1.99. The van der Waals surface area contributed by atoms with E-state index in [4.69, 9.17) is 4.74 Å². The number of thiophene rings is 1. The molecule has 0 saturated heterocycles. The molecule has 0 bridgehead atoms. The second kappa shape index (κ2) is 5.94. The number of carbonyl (C=O) groups is 1. The molecule has 0 N–H and O–H groups in total. The Labute approximate surface area is 88.9 Å². The van der Waals surface area contributed by atoms with E-state index < -0.39 is 0 Å². The van der Waals surface area contributed by atoms with Gasteiger partial charge in [-0.15, -0.1) is 0 Å². The Kier molecular flexibility index (Phi) is 4.84. The van der Waals surface area contributed by atoms with E-state index in [9.17, 15) is 4.79 Å². The van der Waals surface area contributed by atoms with Crippen LogP contribution in [0.3, 0.4) is 0 Å². The van der Waals surface area contributed by atoms with E-state index in [1.165, 1.54) is 0 Å². The SMILES string of the molecule is CCCC(OCC)C(=O)c1ccsc1. The number of carbonyl (C=O) groups excluding carboxylic acids is 1. The van der Waals surface area contributed by atoms with Crippen molar-refractivity contribution in [1.82, 2.24) is 0 Å². The quantitative estimate of drug-likeness (QED) is 0.677. The molecule has 0 aliphatic heterocycles. The van der Waals surface area contributed by atoms with Crippen LogP contribution in [-0.2, 0) is 4.74 Å². The van der Waals surface area contributed by atoms with Crippen LogP contribution in [0.4, 0.5) is 0 Å². The third kappa shape index (κ3) is 2.93. The summed E-state index contributed by atoms with van der Waals surface area (Å²) in [4.78, 5) is 11.9. The average Bonchev–Trinajstić information content (AvgIpc) is 2.69. The van der Waals surface area contributed by atoms with Crippen molar-refractivity contribution in [3.63, 3.8) is 0 Å². The lowest BCUT2D eigenvalue weighted by Crippen LogP contribution is -2.23. The van der Waals surface area contributed by atoms with Crippen LogP contribution in [0.15, 0.2) is 16.8 Å². The van der Waals surface area contributed by atoms with Crippen molar-refractivity contribution < 1.29 is 9.53 Å². The van der Waals surface area contributed by atoms with E-state index in [2.05, 4.69) is 6.92 Å². The van der Waals surface area contributed by atoms with E-state index in [-0.39, 0.29) is 11.9 Å². The van der Waals surface area contributed by atoms with Crippen molar-refractivity contribution in [3.05, 3.63) is 22.4 Å². The van der Waals surface area contributed by atoms with Crippen LogP contribution in [0.2, 0.25) is 0 Å². The van der Waals surface area contributed by atoms with Gasteiger partial charge in [-0.1, -0.05) is 13.3 Å². The van der Waals surface area contributed by atoms with Gasteiger partial charge in [-0.3, -0.25) is 4.79 Å². The molecule has 1 heterocycles. The second-order valence-corrected chi connectivity index (χ2v) is 3.89. The molecule has 0 spiro atoms. The molecular formula is C11H16O2S. The predicted octanol–water partition coefficient (Wildman–Crippen LogP) is 3.14. The molecule has 0 aliphatic rings. The molecule has 0 fully saturated rings. The summed E-state index contributed by atoms with van der Waals surface area (Å²) in [6.07, 6.45) is 1.53. The molecule has 0 aliphatic carbocycles. The zero-order chi connectivity index (χ0) is 10.4. The van der Waals surface area contributed by atoms with Crippen molar-refractivity contribution in [3.8, 4) is 0 Å². The van der Waals surface area contributed by atoms with Crippen LogP contribution in [0, 0.1) is 0 Å². The Hall–Kier alpha value is -0.670. The Balaban J connectivity index is 2.63. The molecule has 2 nitrogen and oxygen atoms in total. The maximum absolute atomic E-state index is 11.9. The third-order valence-electron chi connectivity index (χ3n) is 2.02. The fourth-order valence-electron chi connectivity index (χ4n) is 1.34. The molecule has 14 heavy (non-hydrogen) atoms. The summed E-state index contributed by atoms with van der Waals surface area (Å²) in [5.41, 5.74) is 0.780. The van der Waals surface area contributed by atoms with E-state index >= 15 is 0 Å². The summed E-state index contributed by atoms with van der Waals surface area (Å²) in [6, 6.07) is 1.86. The Morgan fingerprint density at radius 1 is 1.57 bits per heavy atom. The van der Waals surface area contributed by atoms with Gasteiger partial charge in [0.2, 0.25) is 0 Å². The number of ketones is 1. The maximum Gasteiger partial charge on any atom is 0.192 e. The van der Waals surface area contributed by atoms with Crippen molar-refractivity contribution >= 4 is 17.1 Å². The Bertz CT molecular complexity index is 261. The summed E-state index contributed by atoms with van der Waals surface area (Å²) < 4.78 is 5.42. The molecule has 1 rings (SSSR count). The summed E-state index contributed by atoms with van der Waals surface area (Å²) in [5, 5.41) is 3.80. The number of hydrogen-bond acceptors (Lipinski definition) is 3. The van der Waals surface area contributed by atoms with Crippen LogP contribution in [0.25, 0.3) is 0 Å². The van der Waals surface area contributed by atoms with Crippen molar-refractivity contribution in [2.45, 2.75) is 32.8 Å². The molecule has 3 heteroatoms.